The average Bonchev–Trinajstić information content (AvgIpc) is 2.87. The maximum Gasteiger partial charge on any atom is 0.331 e. The molecule has 0 N–H and O–H groups in total. The monoisotopic (exact) mass is 336 g/mol. The van der Waals surface area contributed by atoms with Gasteiger partial charge in [0.15, 0.2) is 0 Å². The molecular weight excluding hydrogens is 320 g/mol. The number of nitrogens with zero attached hydrogens (tertiary/aromatic N) is 2. The fourth-order valence-corrected chi connectivity index (χ4v) is 2.65. The van der Waals surface area contributed by atoms with Gasteiger partial charge in [-0.1, -0.05) is 47.6 Å². The molecule has 2 amide bonds. The number of hydrogen-bond donors (Lipinski definition) is 0. The largest absolute Gasteiger partial charge is 0.331 e. The zero-order valence-electron chi connectivity index (χ0n) is 13.6. The van der Waals surface area contributed by atoms with E-state index >= 15 is 0 Å². The highest BCUT2D eigenvalue weighted by atomic mass is 16.7. The van der Waals surface area contributed by atoms with E-state index in [4.69, 9.17) is 4.84 Å². The fraction of sp³-hybridized carbons (Fsp3) is 0.158. The standard InChI is InChI=1S/C19H16N2O4/c1-13(22)25-20-17(14-7-3-2-4-8-14)11-12-21-18(23)15-9-5-6-10-16(15)19(21)24/h2-10H,11-12H2,1H3/b20-17-. The second kappa shape index (κ2) is 7.09. The van der Waals surface area contributed by atoms with E-state index in [1.807, 2.05) is 30.3 Å². The minimum Gasteiger partial charge on any atom is -0.318 e. The first kappa shape index (κ1) is 16.6. The van der Waals surface area contributed by atoms with Gasteiger partial charge >= 0.3 is 5.97 Å². The number of rotatable bonds is 5. The summed E-state index contributed by atoms with van der Waals surface area (Å²) >= 11 is 0. The Morgan fingerprint density at radius 2 is 1.52 bits per heavy atom. The van der Waals surface area contributed by atoms with Gasteiger partial charge in [0.2, 0.25) is 0 Å². The first-order valence-corrected chi connectivity index (χ1v) is 7.83. The molecule has 1 aliphatic rings. The predicted octanol–water partition coefficient (Wildman–Crippen LogP) is 2.64. The molecule has 0 saturated heterocycles. The molecule has 0 fully saturated rings. The summed E-state index contributed by atoms with van der Waals surface area (Å²) in [6, 6.07) is 15.9. The number of carbonyl (C=O) groups excluding carboxylic acids is 3. The lowest BCUT2D eigenvalue weighted by molar-refractivity contribution is -0.140. The van der Waals surface area contributed by atoms with Gasteiger partial charge in [0.1, 0.15) is 0 Å². The number of fused-ring (bicyclic) bond motifs is 1. The fourth-order valence-electron chi connectivity index (χ4n) is 2.65. The second-order valence-corrected chi connectivity index (χ2v) is 5.54. The third-order valence-corrected chi connectivity index (χ3v) is 3.84. The summed E-state index contributed by atoms with van der Waals surface area (Å²) in [5.74, 6) is -1.17. The third kappa shape index (κ3) is 3.47. The predicted molar refractivity (Wildman–Crippen MR) is 91.2 cm³/mol. The highest BCUT2D eigenvalue weighted by Crippen LogP contribution is 2.22. The molecule has 1 heterocycles. The average molecular weight is 336 g/mol. The van der Waals surface area contributed by atoms with Gasteiger partial charge < -0.3 is 4.84 Å². The number of amides is 2. The van der Waals surface area contributed by atoms with Crippen molar-refractivity contribution in [3.05, 3.63) is 71.3 Å². The lowest BCUT2D eigenvalue weighted by Gasteiger charge is -2.14. The summed E-state index contributed by atoms with van der Waals surface area (Å²) in [4.78, 5) is 41.8. The lowest BCUT2D eigenvalue weighted by atomic mass is 10.1. The first-order chi connectivity index (χ1) is 12.1. The summed E-state index contributed by atoms with van der Waals surface area (Å²) in [6.45, 7) is 1.41. The van der Waals surface area contributed by atoms with Gasteiger partial charge in [-0.2, -0.15) is 0 Å². The minimum atomic E-state index is -0.533. The van der Waals surface area contributed by atoms with Crippen molar-refractivity contribution in [3.8, 4) is 0 Å². The maximum atomic E-state index is 12.4. The number of imide groups is 1. The number of hydrogen-bond acceptors (Lipinski definition) is 5. The van der Waals surface area contributed by atoms with Crippen molar-refractivity contribution in [2.45, 2.75) is 13.3 Å². The molecule has 0 spiro atoms. The smallest absolute Gasteiger partial charge is 0.318 e. The SMILES string of the molecule is CC(=O)O/N=C(/CCN1C(=O)c2ccccc2C1=O)c1ccccc1. The quantitative estimate of drug-likeness (QED) is 0.364. The van der Waals surface area contributed by atoms with E-state index < -0.39 is 5.97 Å². The Kier molecular flexibility index (Phi) is 4.70. The van der Waals surface area contributed by atoms with Crippen LogP contribution in [0.4, 0.5) is 0 Å². The summed E-state index contributed by atoms with van der Waals surface area (Å²) in [7, 11) is 0. The van der Waals surface area contributed by atoms with Gasteiger partial charge in [0.25, 0.3) is 11.8 Å². The van der Waals surface area contributed by atoms with Gasteiger partial charge in [-0.05, 0) is 17.7 Å². The van der Waals surface area contributed by atoms with Gasteiger partial charge in [-0.25, -0.2) is 4.79 Å². The van der Waals surface area contributed by atoms with Crippen LogP contribution < -0.4 is 0 Å². The van der Waals surface area contributed by atoms with Crippen molar-refractivity contribution in [3.63, 3.8) is 0 Å². The van der Waals surface area contributed by atoms with Crippen molar-refractivity contribution in [1.29, 1.82) is 0 Å². The lowest BCUT2D eigenvalue weighted by Crippen LogP contribution is -2.32. The van der Waals surface area contributed by atoms with Crippen molar-refractivity contribution in [1.82, 2.24) is 4.90 Å². The molecule has 0 aromatic heterocycles. The molecule has 6 nitrogen and oxygen atoms in total. The highest BCUT2D eigenvalue weighted by molar-refractivity contribution is 6.21. The zero-order valence-corrected chi connectivity index (χ0v) is 13.6. The van der Waals surface area contributed by atoms with Crippen LogP contribution in [0.2, 0.25) is 0 Å². The van der Waals surface area contributed by atoms with Crippen LogP contribution >= 0.6 is 0 Å². The molecule has 2 aromatic rings. The first-order valence-electron chi connectivity index (χ1n) is 7.83. The van der Waals surface area contributed by atoms with E-state index in [0.29, 0.717) is 16.8 Å². The van der Waals surface area contributed by atoms with Crippen LogP contribution in [0.25, 0.3) is 0 Å². The van der Waals surface area contributed by atoms with Crippen LogP contribution in [0.5, 0.6) is 0 Å². The van der Waals surface area contributed by atoms with E-state index in [-0.39, 0.29) is 24.8 Å². The Labute approximate surface area is 144 Å². The molecule has 2 aromatic carbocycles. The normalized spacial score (nSPS) is 13.8. The van der Waals surface area contributed by atoms with Crippen LogP contribution in [-0.2, 0) is 9.63 Å². The van der Waals surface area contributed by atoms with Gasteiger partial charge in [-0.3, -0.25) is 14.5 Å². The van der Waals surface area contributed by atoms with Gasteiger partial charge in [0, 0.05) is 19.9 Å². The highest BCUT2D eigenvalue weighted by Gasteiger charge is 2.34. The zero-order chi connectivity index (χ0) is 17.8. The molecule has 0 bridgehead atoms. The Bertz CT molecular complexity index is 824. The van der Waals surface area contributed by atoms with E-state index in [9.17, 15) is 14.4 Å². The topological polar surface area (TPSA) is 76.0 Å². The van der Waals surface area contributed by atoms with Gasteiger partial charge in [-0.15, -0.1) is 0 Å². The molecule has 1 aliphatic heterocycles. The molecule has 0 unspecified atom stereocenters. The van der Waals surface area contributed by atoms with Crippen LogP contribution in [-0.4, -0.2) is 34.9 Å². The molecule has 3 rings (SSSR count). The Balaban J connectivity index is 1.78. The number of oxime groups is 1. The van der Waals surface area contributed by atoms with Crippen molar-refractivity contribution in [2.75, 3.05) is 6.54 Å². The Morgan fingerprint density at radius 3 is 2.08 bits per heavy atom. The van der Waals surface area contributed by atoms with E-state index in [0.717, 1.165) is 5.56 Å². The maximum absolute atomic E-state index is 12.4. The number of carbonyl (C=O) groups is 3. The Morgan fingerprint density at radius 1 is 0.960 bits per heavy atom. The van der Waals surface area contributed by atoms with Crippen LogP contribution in [0.3, 0.4) is 0 Å². The molecule has 0 radical (unpaired) electrons. The van der Waals surface area contributed by atoms with Crippen molar-refractivity contribution >= 4 is 23.5 Å². The van der Waals surface area contributed by atoms with E-state index in [1.54, 1.807) is 24.3 Å². The summed E-state index contributed by atoms with van der Waals surface area (Å²) < 4.78 is 0. The van der Waals surface area contributed by atoms with Crippen molar-refractivity contribution < 1.29 is 19.2 Å². The Hall–Kier alpha value is -3.28. The minimum absolute atomic E-state index is 0.154. The molecule has 6 heteroatoms. The molecule has 0 saturated carbocycles. The molecule has 0 aliphatic carbocycles. The van der Waals surface area contributed by atoms with Crippen LogP contribution in [0.15, 0.2) is 59.8 Å². The van der Waals surface area contributed by atoms with Gasteiger partial charge in [0.05, 0.1) is 16.8 Å². The molecule has 25 heavy (non-hydrogen) atoms. The van der Waals surface area contributed by atoms with Crippen LogP contribution in [0, 0.1) is 0 Å². The summed E-state index contributed by atoms with van der Waals surface area (Å²) in [5.41, 5.74) is 2.07. The van der Waals surface area contributed by atoms with E-state index in [1.165, 1.54) is 11.8 Å². The molecule has 126 valence electrons. The summed E-state index contributed by atoms with van der Waals surface area (Å²) in [6.07, 6.45) is 0.281. The summed E-state index contributed by atoms with van der Waals surface area (Å²) in [5, 5.41) is 3.87. The molecule has 0 atom stereocenters. The van der Waals surface area contributed by atoms with Crippen molar-refractivity contribution in [2.24, 2.45) is 5.16 Å². The second-order valence-electron chi connectivity index (χ2n) is 5.54. The molecular formula is C19H16N2O4. The number of benzene rings is 2. The van der Waals surface area contributed by atoms with E-state index in [2.05, 4.69) is 5.16 Å². The van der Waals surface area contributed by atoms with Crippen LogP contribution in [0.1, 0.15) is 39.6 Å². The third-order valence-electron chi connectivity index (χ3n) is 3.84.